The van der Waals surface area contributed by atoms with E-state index in [0.29, 0.717) is 30.1 Å². The predicted molar refractivity (Wildman–Crippen MR) is 103 cm³/mol. The Morgan fingerprint density at radius 3 is 2.42 bits per heavy atom. The van der Waals surface area contributed by atoms with Gasteiger partial charge in [0.15, 0.2) is 0 Å². The lowest BCUT2D eigenvalue weighted by Gasteiger charge is -2.11. The van der Waals surface area contributed by atoms with Crippen LogP contribution in [0.15, 0.2) is 44.3 Å². The molecule has 0 N–H and O–H groups in total. The second-order valence-corrected chi connectivity index (χ2v) is 6.96. The third kappa shape index (κ3) is 3.94. The summed E-state index contributed by atoms with van der Waals surface area (Å²) in [5.74, 6) is 0.0298. The van der Waals surface area contributed by atoms with Crippen molar-refractivity contribution in [3.05, 3.63) is 72.5 Å². The summed E-state index contributed by atoms with van der Waals surface area (Å²) >= 11 is 12.1. The van der Waals surface area contributed by atoms with Gasteiger partial charge in [0.05, 0.1) is 22.5 Å². The van der Waals surface area contributed by atoms with Crippen molar-refractivity contribution in [2.45, 2.75) is 26.8 Å². The molecule has 0 saturated carbocycles. The molecule has 1 heterocycles. The highest BCUT2D eigenvalue weighted by molar-refractivity contribution is 6.38. The average Bonchev–Trinajstić information content (AvgIpc) is 2.53. The zero-order valence-corrected chi connectivity index (χ0v) is 15.9. The lowest BCUT2D eigenvalue weighted by molar-refractivity contribution is 0.296. The van der Waals surface area contributed by atoms with Crippen LogP contribution in [0.5, 0.6) is 5.75 Å². The fraction of sp³-hybridized carbons (Fsp3) is 0.263. The van der Waals surface area contributed by atoms with E-state index in [9.17, 15) is 9.59 Å². The first-order valence-corrected chi connectivity index (χ1v) is 8.84. The van der Waals surface area contributed by atoms with Crippen molar-refractivity contribution in [3.8, 4) is 5.75 Å². The fourth-order valence-electron chi connectivity index (χ4n) is 2.91. The largest absolute Gasteiger partial charge is 0.494 e. The van der Waals surface area contributed by atoms with E-state index in [1.54, 1.807) is 0 Å². The van der Waals surface area contributed by atoms with Crippen LogP contribution in [0.4, 0.5) is 0 Å². The Morgan fingerprint density at radius 2 is 1.73 bits per heavy atom. The number of rotatable bonds is 5. The highest BCUT2D eigenvalue weighted by Gasteiger charge is 2.14. The van der Waals surface area contributed by atoms with Crippen molar-refractivity contribution < 1.29 is 9.15 Å². The summed E-state index contributed by atoms with van der Waals surface area (Å²) < 4.78 is 11.9. The van der Waals surface area contributed by atoms with E-state index in [2.05, 4.69) is 6.07 Å². The molecule has 3 aromatic rings. The van der Waals surface area contributed by atoms with Crippen molar-refractivity contribution >= 4 is 34.1 Å². The third-order valence-electron chi connectivity index (χ3n) is 3.91. The number of benzene rings is 2. The van der Waals surface area contributed by atoms with Crippen molar-refractivity contribution in [2.75, 3.05) is 6.61 Å². The monoisotopic (exact) mass is 393 g/mol. The molecule has 0 unspecified atom stereocenters. The molecule has 1 aromatic heterocycles. The second kappa shape index (κ2) is 7.56. The van der Waals surface area contributed by atoms with Gasteiger partial charge in [-0.2, -0.15) is 0 Å². The number of aromatic nitrogens is 1. The van der Waals surface area contributed by atoms with Crippen molar-refractivity contribution in [3.63, 3.8) is 0 Å². The number of hydrogen-bond acceptors (Lipinski definition) is 4. The Morgan fingerprint density at radius 1 is 1.04 bits per heavy atom. The first kappa shape index (κ1) is 18.5. The highest BCUT2D eigenvalue weighted by Crippen LogP contribution is 2.25. The Bertz CT molecular complexity index is 1070. The van der Waals surface area contributed by atoms with Gasteiger partial charge in [0, 0.05) is 11.6 Å². The summed E-state index contributed by atoms with van der Waals surface area (Å²) in [5.41, 5.74) is 1.81. The van der Waals surface area contributed by atoms with Gasteiger partial charge in [-0.3, -0.25) is 4.57 Å². The predicted octanol–water partition coefficient (Wildman–Crippen LogP) is 4.35. The van der Waals surface area contributed by atoms with Gasteiger partial charge in [-0.15, -0.1) is 0 Å². The summed E-state index contributed by atoms with van der Waals surface area (Å²) in [6.45, 7) is 4.71. The summed E-state index contributed by atoms with van der Waals surface area (Å²) in [4.78, 5) is 24.0. The standard InChI is InChI=1S/C19H17Cl2NO4/c1-11-6-12(2)8-14(7-11)25-5-3-4-22-17-15(18(23)26-19(22)24)9-13(20)10-16(17)21/h6-10H,3-5H2,1-2H3. The topological polar surface area (TPSA) is 61.4 Å². The summed E-state index contributed by atoms with van der Waals surface area (Å²) in [5, 5.41) is 0.711. The van der Waals surface area contributed by atoms with Crippen LogP contribution >= 0.6 is 23.2 Å². The van der Waals surface area contributed by atoms with Gasteiger partial charge >= 0.3 is 11.4 Å². The first-order chi connectivity index (χ1) is 12.3. The molecule has 7 heteroatoms. The van der Waals surface area contributed by atoms with E-state index in [-0.39, 0.29) is 10.4 Å². The molecule has 0 atom stereocenters. The first-order valence-electron chi connectivity index (χ1n) is 8.09. The van der Waals surface area contributed by atoms with Crippen LogP contribution in [0.1, 0.15) is 17.5 Å². The molecule has 0 aliphatic rings. The van der Waals surface area contributed by atoms with Crippen LogP contribution in [0.2, 0.25) is 10.0 Å². The molecule has 0 spiro atoms. The van der Waals surface area contributed by atoms with Crippen molar-refractivity contribution in [2.24, 2.45) is 0 Å². The number of hydrogen-bond donors (Lipinski definition) is 0. The molecule has 26 heavy (non-hydrogen) atoms. The molecule has 136 valence electrons. The number of fused-ring (bicyclic) bond motifs is 1. The Kier molecular flexibility index (Phi) is 5.39. The van der Waals surface area contributed by atoms with Crippen LogP contribution in [-0.2, 0) is 6.54 Å². The van der Waals surface area contributed by atoms with Crippen LogP contribution in [-0.4, -0.2) is 11.2 Å². The van der Waals surface area contributed by atoms with Gasteiger partial charge in [0.1, 0.15) is 5.75 Å². The van der Waals surface area contributed by atoms with E-state index >= 15 is 0 Å². The summed E-state index contributed by atoms with van der Waals surface area (Å²) in [7, 11) is 0. The lowest BCUT2D eigenvalue weighted by Crippen LogP contribution is -2.26. The molecule has 5 nitrogen and oxygen atoms in total. The maximum absolute atomic E-state index is 12.1. The summed E-state index contributed by atoms with van der Waals surface area (Å²) in [6, 6.07) is 8.91. The van der Waals surface area contributed by atoms with Crippen molar-refractivity contribution in [1.82, 2.24) is 4.57 Å². The molecule has 2 aromatic carbocycles. The molecular formula is C19H17Cl2NO4. The smallest absolute Gasteiger partial charge is 0.422 e. The normalized spacial score (nSPS) is 11.1. The number of halogens is 2. The number of nitrogens with zero attached hydrogens (tertiary/aromatic N) is 1. The molecule has 0 fully saturated rings. The minimum Gasteiger partial charge on any atom is -0.494 e. The quantitative estimate of drug-likeness (QED) is 0.604. The maximum atomic E-state index is 12.1. The van der Waals surface area contributed by atoms with Crippen LogP contribution < -0.4 is 16.1 Å². The lowest BCUT2D eigenvalue weighted by atomic mass is 10.1. The van der Waals surface area contributed by atoms with Gasteiger partial charge in [-0.25, -0.2) is 9.59 Å². The SMILES string of the molecule is Cc1cc(C)cc(OCCCn2c(=O)oc(=O)c3cc(Cl)cc(Cl)c32)c1. The molecule has 0 aliphatic carbocycles. The van der Waals surface area contributed by atoms with Gasteiger partial charge in [0.25, 0.3) is 0 Å². The Hall–Kier alpha value is -2.24. The molecular weight excluding hydrogens is 377 g/mol. The molecule has 0 bridgehead atoms. The highest BCUT2D eigenvalue weighted by atomic mass is 35.5. The molecule has 0 aliphatic heterocycles. The van der Waals surface area contributed by atoms with Gasteiger partial charge in [-0.05, 0) is 55.7 Å². The van der Waals surface area contributed by atoms with Crippen LogP contribution in [0.3, 0.4) is 0 Å². The zero-order valence-electron chi connectivity index (χ0n) is 14.3. The zero-order chi connectivity index (χ0) is 18.8. The van der Waals surface area contributed by atoms with E-state index in [4.69, 9.17) is 32.4 Å². The minimum absolute atomic E-state index is 0.178. The van der Waals surface area contributed by atoms with E-state index in [1.807, 2.05) is 26.0 Å². The van der Waals surface area contributed by atoms with Gasteiger partial charge in [0.2, 0.25) is 0 Å². The fourth-order valence-corrected chi connectivity index (χ4v) is 3.50. The maximum Gasteiger partial charge on any atom is 0.422 e. The Labute approximate surface area is 159 Å². The third-order valence-corrected chi connectivity index (χ3v) is 4.41. The molecule has 3 rings (SSSR count). The second-order valence-electron chi connectivity index (χ2n) is 6.12. The van der Waals surface area contributed by atoms with E-state index in [0.717, 1.165) is 16.9 Å². The molecule has 0 radical (unpaired) electrons. The Balaban J connectivity index is 1.81. The molecule has 0 saturated heterocycles. The summed E-state index contributed by atoms with van der Waals surface area (Å²) in [6.07, 6.45) is 0.536. The number of ether oxygens (including phenoxy) is 1. The van der Waals surface area contributed by atoms with E-state index < -0.39 is 11.4 Å². The van der Waals surface area contributed by atoms with E-state index in [1.165, 1.54) is 16.7 Å². The van der Waals surface area contributed by atoms with Gasteiger partial charge < -0.3 is 9.15 Å². The minimum atomic E-state index is -0.753. The van der Waals surface area contributed by atoms with Crippen LogP contribution in [0, 0.1) is 13.8 Å². The molecule has 0 amide bonds. The van der Waals surface area contributed by atoms with Gasteiger partial charge in [-0.1, -0.05) is 29.3 Å². The average molecular weight is 394 g/mol. The van der Waals surface area contributed by atoms with Crippen LogP contribution in [0.25, 0.3) is 10.9 Å². The van der Waals surface area contributed by atoms with Crippen molar-refractivity contribution in [1.29, 1.82) is 0 Å². The number of aryl methyl sites for hydroxylation is 3.